The molecule has 2 nitrogen and oxygen atoms in total. The van der Waals surface area contributed by atoms with Gasteiger partial charge in [-0.3, -0.25) is 0 Å². The van der Waals surface area contributed by atoms with Crippen molar-refractivity contribution in [3.05, 3.63) is 65.2 Å². The third-order valence-corrected chi connectivity index (χ3v) is 4.43. The van der Waals surface area contributed by atoms with Gasteiger partial charge in [-0.15, -0.1) is 0 Å². The van der Waals surface area contributed by atoms with Gasteiger partial charge >= 0.3 is 0 Å². The Balaban J connectivity index is 2.21. The maximum Gasteiger partial charge on any atom is 0.118 e. The zero-order valence-electron chi connectivity index (χ0n) is 14.0. The third kappa shape index (κ3) is 3.69. The van der Waals surface area contributed by atoms with E-state index in [0.29, 0.717) is 0 Å². The van der Waals surface area contributed by atoms with Crippen molar-refractivity contribution in [1.82, 2.24) is 0 Å². The molecule has 0 spiro atoms. The van der Waals surface area contributed by atoms with Gasteiger partial charge in [-0.1, -0.05) is 57.2 Å². The molecule has 2 heteroatoms. The van der Waals surface area contributed by atoms with Crippen LogP contribution in [0.2, 0.25) is 0 Å². The fraction of sp³-hybridized carbons (Fsp3) is 0.400. The maximum atomic E-state index is 9.76. The molecule has 0 bridgehead atoms. The van der Waals surface area contributed by atoms with E-state index in [9.17, 15) is 5.11 Å². The molecule has 0 fully saturated rings. The summed E-state index contributed by atoms with van der Waals surface area (Å²) in [6, 6.07) is 16.8. The van der Waals surface area contributed by atoms with Gasteiger partial charge in [0.2, 0.25) is 0 Å². The van der Waals surface area contributed by atoms with Crippen LogP contribution in [0.1, 0.15) is 43.9 Å². The number of methoxy groups -OCH3 is 1. The lowest BCUT2D eigenvalue weighted by Gasteiger charge is -2.26. The van der Waals surface area contributed by atoms with E-state index in [1.54, 1.807) is 7.11 Å². The molecule has 0 aromatic heterocycles. The van der Waals surface area contributed by atoms with Gasteiger partial charge in [0.25, 0.3) is 0 Å². The van der Waals surface area contributed by atoms with Crippen LogP contribution in [0, 0.1) is 0 Å². The van der Waals surface area contributed by atoms with Crippen LogP contribution >= 0.6 is 0 Å². The molecule has 0 amide bonds. The first-order chi connectivity index (χ1) is 10.5. The van der Waals surface area contributed by atoms with Crippen LogP contribution in [0.15, 0.2) is 48.5 Å². The van der Waals surface area contributed by atoms with Crippen LogP contribution < -0.4 is 4.74 Å². The molecule has 0 saturated heterocycles. The highest BCUT2D eigenvalue weighted by atomic mass is 16.5. The lowest BCUT2D eigenvalue weighted by atomic mass is 9.78. The summed E-state index contributed by atoms with van der Waals surface area (Å²) in [6.45, 7) is 6.46. The maximum absolute atomic E-state index is 9.76. The van der Waals surface area contributed by atoms with Gasteiger partial charge in [-0.05, 0) is 41.7 Å². The number of ether oxygens (including phenoxy) is 1. The normalized spacial score (nSPS) is 13.0. The molecule has 22 heavy (non-hydrogen) atoms. The molecule has 0 aliphatic carbocycles. The van der Waals surface area contributed by atoms with Crippen molar-refractivity contribution in [2.24, 2.45) is 0 Å². The molecule has 0 aliphatic rings. The molecule has 0 aliphatic heterocycles. The molecule has 1 unspecified atom stereocenters. The highest BCUT2D eigenvalue weighted by Gasteiger charge is 2.23. The molecule has 2 aromatic carbocycles. The van der Waals surface area contributed by atoms with Gasteiger partial charge in [0.15, 0.2) is 0 Å². The number of rotatable bonds is 6. The summed E-state index contributed by atoms with van der Waals surface area (Å²) in [6.07, 6.45) is 1.26. The zero-order valence-corrected chi connectivity index (χ0v) is 14.0. The second-order valence-corrected chi connectivity index (χ2v) is 6.32. The zero-order chi connectivity index (χ0) is 16.2. The van der Waals surface area contributed by atoms with Gasteiger partial charge in [-0.2, -0.15) is 0 Å². The predicted molar refractivity (Wildman–Crippen MR) is 91.6 cm³/mol. The minimum absolute atomic E-state index is 0.0613. The second-order valence-electron chi connectivity index (χ2n) is 6.32. The molecule has 1 atom stereocenters. The molecule has 0 saturated carbocycles. The van der Waals surface area contributed by atoms with E-state index < -0.39 is 0 Å². The Morgan fingerprint density at radius 3 is 1.91 bits per heavy atom. The summed E-state index contributed by atoms with van der Waals surface area (Å²) in [4.78, 5) is 0. The van der Waals surface area contributed by atoms with Crippen molar-refractivity contribution in [1.29, 1.82) is 0 Å². The summed E-state index contributed by atoms with van der Waals surface area (Å²) in [5.41, 5.74) is 3.65. The molecule has 0 radical (unpaired) electrons. The van der Waals surface area contributed by atoms with E-state index >= 15 is 0 Å². The molecule has 2 aromatic rings. The van der Waals surface area contributed by atoms with Crippen LogP contribution in [0.5, 0.6) is 5.75 Å². The molecule has 1 N–H and O–H groups in total. The smallest absolute Gasteiger partial charge is 0.118 e. The first kappa shape index (κ1) is 16.6. The SMILES string of the molecule is CCC(O)Cc1ccc(C(C)(C)c2ccc(OC)cc2)cc1. The number of aliphatic hydroxyl groups is 1. The summed E-state index contributed by atoms with van der Waals surface area (Å²) < 4.78 is 5.23. The Bertz CT molecular complexity index is 582. The molecule has 2 rings (SSSR count). The van der Waals surface area contributed by atoms with E-state index in [2.05, 4.69) is 50.2 Å². The lowest BCUT2D eigenvalue weighted by molar-refractivity contribution is 0.171. The number of aliphatic hydroxyl groups excluding tert-OH is 1. The monoisotopic (exact) mass is 298 g/mol. The highest BCUT2D eigenvalue weighted by Crippen LogP contribution is 2.32. The Labute approximate surface area is 133 Å². The average molecular weight is 298 g/mol. The Hall–Kier alpha value is -1.80. The van der Waals surface area contributed by atoms with Crippen LogP contribution in [0.25, 0.3) is 0 Å². The van der Waals surface area contributed by atoms with Crippen molar-refractivity contribution >= 4 is 0 Å². The van der Waals surface area contributed by atoms with E-state index in [1.807, 2.05) is 19.1 Å². The van der Waals surface area contributed by atoms with Crippen LogP contribution in [-0.4, -0.2) is 18.3 Å². The Morgan fingerprint density at radius 2 is 1.45 bits per heavy atom. The predicted octanol–water partition coefficient (Wildman–Crippen LogP) is 4.33. The van der Waals surface area contributed by atoms with Gasteiger partial charge in [0, 0.05) is 5.41 Å². The van der Waals surface area contributed by atoms with Gasteiger partial charge < -0.3 is 9.84 Å². The van der Waals surface area contributed by atoms with Crippen LogP contribution in [0.3, 0.4) is 0 Å². The van der Waals surface area contributed by atoms with Gasteiger partial charge in [-0.25, -0.2) is 0 Å². The summed E-state index contributed by atoms with van der Waals surface area (Å²) in [7, 11) is 1.68. The highest BCUT2D eigenvalue weighted by molar-refractivity contribution is 5.40. The fourth-order valence-electron chi connectivity index (χ4n) is 2.65. The third-order valence-electron chi connectivity index (χ3n) is 4.43. The average Bonchev–Trinajstić information content (AvgIpc) is 2.55. The Morgan fingerprint density at radius 1 is 0.955 bits per heavy atom. The molecular formula is C20H26O2. The lowest BCUT2D eigenvalue weighted by Crippen LogP contribution is -2.19. The van der Waals surface area contributed by atoms with Crippen molar-refractivity contribution in [2.45, 2.75) is 45.1 Å². The quantitative estimate of drug-likeness (QED) is 0.860. The van der Waals surface area contributed by atoms with Crippen LogP contribution in [-0.2, 0) is 11.8 Å². The van der Waals surface area contributed by atoms with Crippen molar-refractivity contribution in [3.8, 4) is 5.75 Å². The van der Waals surface area contributed by atoms with E-state index in [4.69, 9.17) is 4.74 Å². The largest absolute Gasteiger partial charge is 0.497 e. The van der Waals surface area contributed by atoms with Crippen molar-refractivity contribution in [2.75, 3.05) is 7.11 Å². The minimum atomic E-state index is -0.250. The first-order valence-corrected chi connectivity index (χ1v) is 7.89. The first-order valence-electron chi connectivity index (χ1n) is 7.89. The topological polar surface area (TPSA) is 29.5 Å². The van der Waals surface area contributed by atoms with Crippen molar-refractivity contribution in [3.63, 3.8) is 0 Å². The Kier molecular flexibility index (Phi) is 5.25. The number of hydrogen-bond donors (Lipinski definition) is 1. The molecular weight excluding hydrogens is 272 g/mol. The number of hydrogen-bond acceptors (Lipinski definition) is 2. The molecule has 118 valence electrons. The van der Waals surface area contributed by atoms with Crippen molar-refractivity contribution < 1.29 is 9.84 Å². The number of benzene rings is 2. The van der Waals surface area contributed by atoms with Gasteiger partial charge in [0.1, 0.15) is 5.75 Å². The molecule has 0 heterocycles. The second kappa shape index (κ2) is 6.97. The van der Waals surface area contributed by atoms with Crippen LogP contribution in [0.4, 0.5) is 0 Å². The minimum Gasteiger partial charge on any atom is -0.497 e. The van der Waals surface area contributed by atoms with E-state index in [0.717, 1.165) is 18.6 Å². The van der Waals surface area contributed by atoms with E-state index in [1.165, 1.54) is 16.7 Å². The standard InChI is InChI=1S/C20H26O2/c1-5-18(21)14-15-6-8-16(9-7-15)20(2,3)17-10-12-19(22-4)13-11-17/h6-13,18,21H,5,14H2,1-4H3. The summed E-state index contributed by atoms with van der Waals surface area (Å²) in [5, 5.41) is 9.76. The van der Waals surface area contributed by atoms with Gasteiger partial charge in [0.05, 0.1) is 13.2 Å². The summed E-state index contributed by atoms with van der Waals surface area (Å²) in [5.74, 6) is 0.878. The fourth-order valence-corrected chi connectivity index (χ4v) is 2.65. The summed E-state index contributed by atoms with van der Waals surface area (Å²) >= 11 is 0. The van der Waals surface area contributed by atoms with E-state index in [-0.39, 0.29) is 11.5 Å².